The lowest BCUT2D eigenvalue weighted by molar-refractivity contribution is 0.0901. The number of nitrogens with one attached hydrogen (secondary N) is 1. The molecule has 2 aromatic rings. The molecule has 1 aromatic heterocycles. The summed E-state index contributed by atoms with van der Waals surface area (Å²) in [6, 6.07) is 7.28. The first-order chi connectivity index (χ1) is 12.7. The van der Waals surface area contributed by atoms with Crippen LogP contribution in [0.3, 0.4) is 0 Å². The summed E-state index contributed by atoms with van der Waals surface area (Å²) in [4.78, 5) is 18.1. The second-order valence-corrected chi connectivity index (χ2v) is 9.27. The van der Waals surface area contributed by atoms with Crippen molar-refractivity contribution in [3.63, 3.8) is 0 Å². The second kappa shape index (κ2) is 7.58. The topological polar surface area (TPSA) is 73.5 Å². The average molecular weight is 390 g/mol. The number of aromatic nitrogens is 1. The number of rotatable bonds is 5. The SMILES string of the molecule is Cc1ccc(S(=O)(=O)N2CCN(CC(=O)c3cc(C)[nH]c3C)CC2)c(C)c1. The third-order valence-electron chi connectivity index (χ3n) is 5.10. The maximum atomic E-state index is 13.0. The standard InChI is InChI=1S/C20H27N3O3S/c1-14-5-6-20(15(2)11-14)27(25,26)23-9-7-22(8-10-23)13-19(24)18-12-16(3)21-17(18)4/h5-6,11-12,21H,7-10,13H2,1-4H3. The van der Waals surface area contributed by atoms with Crippen molar-refractivity contribution in [2.24, 2.45) is 0 Å². The molecule has 1 aromatic carbocycles. The molecule has 0 amide bonds. The predicted molar refractivity (Wildman–Crippen MR) is 106 cm³/mol. The number of nitrogens with zero attached hydrogens (tertiary/aromatic N) is 2. The van der Waals surface area contributed by atoms with Gasteiger partial charge in [-0.1, -0.05) is 17.7 Å². The lowest BCUT2D eigenvalue weighted by Gasteiger charge is -2.33. The van der Waals surface area contributed by atoms with Crippen LogP contribution in [0.1, 0.15) is 32.9 Å². The van der Waals surface area contributed by atoms with E-state index in [4.69, 9.17) is 0 Å². The molecule has 2 heterocycles. The van der Waals surface area contributed by atoms with E-state index in [2.05, 4.69) is 4.98 Å². The zero-order chi connectivity index (χ0) is 19.8. The number of ketones is 1. The van der Waals surface area contributed by atoms with Crippen molar-refractivity contribution in [2.45, 2.75) is 32.6 Å². The van der Waals surface area contributed by atoms with Gasteiger partial charge in [-0.15, -0.1) is 0 Å². The van der Waals surface area contributed by atoms with Crippen LogP contribution >= 0.6 is 0 Å². The summed E-state index contributed by atoms with van der Waals surface area (Å²) in [6.07, 6.45) is 0. The first-order valence-corrected chi connectivity index (χ1v) is 10.6. The van der Waals surface area contributed by atoms with Gasteiger partial charge < -0.3 is 4.98 Å². The minimum absolute atomic E-state index is 0.0718. The fourth-order valence-electron chi connectivity index (χ4n) is 3.66. The number of aryl methyl sites for hydroxylation is 4. The molecule has 0 bridgehead atoms. The van der Waals surface area contributed by atoms with Gasteiger partial charge in [-0.25, -0.2) is 8.42 Å². The minimum atomic E-state index is -3.50. The van der Waals surface area contributed by atoms with E-state index in [9.17, 15) is 13.2 Å². The normalized spacial score (nSPS) is 16.6. The molecular weight excluding hydrogens is 362 g/mol. The van der Waals surface area contributed by atoms with E-state index in [0.717, 1.165) is 28.1 Å². The van der Waals surface area contributed by atoms with Crippen molar-refractivity contribution in [3.8, 4) is 0 Å². The van der Waals surface area contributed by atoms with Crippen LogP contribution in [0.2, 0.25) is 0 Å². The van der Waals surface area contributed by atoms with Gasteiger partial charge in [0.15, 0.2) is 5.78 Å². The van der Waals surface area contributed by atoms with Crippen LogP contribution in [0.5, 0.6) is 0 Å². The maximum Gasteiger partial charge on any atom is 0.243 e. The van der Waals surface area contributed by atoms with Gasteiger partial charge in [0.2, 0.25) is 10.0 Å². The molecule has 1 saturated heterocycles. The highest BCUT2D eigenvalue weighted by Gasteiger charge is 2.30. The number of aromatic amines is 1. The second-order valence-electron chi connectivity index (χ2n) is 7.36. The van der Waals surface area contributed by atoms with Gasteiger partial charge in [-0.3, -0.25) is 9.69 Å². The third-order valence-corrected chi connectivity index (χ3v) is 7.16. The number of carbonyl (C=O) groups excluding carboxylic acids is 1. The van der Waals surface area contributed by atoms with Crippen molar-refractivity contribution in [3.05, 3.63) is 52.3 Å². The fourth-order valence-corrected chi connectivity index (χ4v) is 5.29. The van der Waals surface area contributed by atoms with Gasteiger partial charge in [-0.2, -0.15) is 4.31 Å². The molecule has 0 aliphatic carbocycles. The molecule has 3 rings (SSSR count). The van der Waals surface area contributed by atoms with Crippen LogP contribution in [-0.4, -0.2) is 61.1 Å². The van der Waals surface area contributed by atoms with E-state index in [1.165, 1.54) is 4.31 Å². The van der Waals surface area contributed by atoms with E-state index >= 15 is 0 Å². The lowest BCUT2D eigenvalue weighted by Crippen LogP contribution is -2.49. The lowest BCUT2D eigenvalue weighted by atomic mass is 10.1. The third kappa shape index (κ3) is 4.15. The maximum absolute atomic E-state index is 13.0. The average Bonchev–Trinajstić information content (AvgIpc) is 2.93. The van der Waals surface area contributed by atoms with Crippen LogP contribution in [-0.2, 0) is 10.0 Å². The van der Waals surface area contributed by atoms with Gasteiger partial charge in [-0.05, 0) is 45.4 Å². The fraction of sp³-hybridized carbons (Fsp3) is 0.450. The molecule has 7 heteroatoms. The quantitative estimate of drug-likeness (QED) is 0.797. The monoisotopic (exact) mass is 389 g/mol. The Morgan fingerprint density at radius 1 is 1.04 bits per heavy atom. The molecule has 0 saturated carbocycles. The van der Waals surface area contributed by atoms with Crippen molar-refractivity contribution < 1.29 is 13.2 Å². The van der Waals surface area contributed by atoms with Crippen LogP contribution in [0.25, 0.3) is 0 Å². The molecule has 0 unspecified atom stereocenters. The number of hydrogen-bond donors (Lipinski definition) is 1. The summed E-state index contributed by atoms with van der Waals surface area (Å²) in [6.45, 7) is 9.83. The van der Waals surface area contributed by atoms with Crippen molar-refractivity contribution >= 4 is 15.8 Å². The van der Waals surface area contributed by atoms with Gasteiger partial charge in [0.05, 0.1) is 11.4 Å². The number of hydrogen-bond acceptors (Lipinski definition) is 4. The first kappa shape index (κ1) is 19.8. The molecule has 27 heavy (non-hydrogen) atoms. The van der Waals surface area contributed by atoms with E-state index < -0.39 is 10.0 Å². The number of carbonyl (C=O) groups is 1. The Balaban J connectivity index is 1.64. The van der Waals surface area contributed by atoms with Gasteiger partial charge in [0.1, 0.15) is 0 Å². The Kier molecular flexibility index (Phi) is 5.55. The summed E-state index contributed by atoms with van der Waals surface area (Å²) < 4.78 is 27.4. The van der Waals surface area contributed by atoms with E-state index in [-0.39, 0.29) is 5.78 Å². The summed E-state index contributed by atoms with van der Waals surface area (Å²) in [7, 11) is -3.50. The molecule has 0 radical (unpaired) electrons. The summed E-state index contributed by atoms with van der Waals surface area (Å²) in [5.74, 6) is 0.0718. The van der Waals surface area contributed by atoms with Crippen LogP contribution in [0.4, 0.5) is 0 Å². The highest BCUT2D eigenvalue weighted by Crippen LogP contribution is 2.22. The summed E-state index contributed by atoms with van der Waals surface area (Å²) in [5.41, 5.74) is 4.39. The summed E-state index contributed by atoms with van der Waals surface area (Å²) >= 11 is 0. The molecule has 1 aliphatic rings. The molecular formula is C20H27N3O3S. The van der Waals surface area contributed by atoms with E-state index in [0.29, 0.717) is 37.6 Å². The van der Waals surface area contributed by atoms with Gasteiger partial charge in [0.25, 0.3) is 0 Å². The van der Waals surface area contributed by atoms with Crippen LogP contribution in [0, 0.1) is 27.7 Å². The number of Topliss-reactive ketones (excluding diaryl/α,β-unsaturated/α-hetero) is 1. The molecule has 6 nitrogen and oxygen atoms in total. The smallest absolute Gasteiger partial charge is 0.243 e. The molecule has 0 spiro atoms. The van der Waals surface area contributed by atoms with E-state index in [1.807, 2.05) is 50.8 Å². The molecule has 1 fully saturated rings. The Morgan fingerprint density at radius 3 is 2.26 bits per heavy atom. The van der Waals surface area contributed by atoms with Gasteiger partial charge in [0, 0.05) is 43.1 Å². The predicted octanol–water partition coefficient (Wildman–Crippen LogP) is 2.44. The zero-order valence-electron chi connectivity index (χ0n) is 16.4. The van der Waals surface area contributed by atoms with Crippen molar-refractivity contribution in [2.75, 3.05) is 32.7 Å². The minimum Gasteiger partial charge on any atom is -0.362 e. The van der Waals surface area contributed by atoms with E-state index in [1.54, 1.807) is 6.07 Å². The molecule has 146 valence electrons. The van der Waals surface area contributed by atoms with Gasteiger partial charge >= 0.3 is 0 Å². The number of sulfonamides is 1. The molecule has 1 aliphatic heterocycles. The summed E-state index contributed by atoms with van der Waals surface area (Å²) in [5, 5.41) is 0. The molecule has 1 N–H and O–H groups in total. The molecule has 0 atom stereocenters. The highest BCUT2D eigenvalue weighted by atomic mass is 32.2. The highest BCUT2D eigenvalue weighted by molar-refractivity contribution is 7.89. The van der Waals surface area contributed by atoms with Crippen molar-refractivity contribution in [1.82, 2.24) is 14.2 Å². The first-order valence-electron chi connectivity index (χ1n) is 9.17. The Morgan fingerprint density at radius 2 is 1.70 bits per heavy atom. The number of piperazine rings is 1. The Labute approximate surface area is 161 Å². The number of benzene rings is 1. The van der Waals surface area contributed by atoms with Crippen molar-refractivity contribution in [1.29, 1.82) is 0 Å². The Bertz CT molecular complexity index is 955. The van der Waals surface area contributed by atoms with Crippen LogP contribution < -0.4 is 0 Å². The largest absolute Gasteiger partial charge is 0.362 e. The Hall–Kier alpha value is -1.96. The number of H-pyrrole nitrogens is 1. The zero-order valence-corrected chi connectivity index (χ0v) is 17.2. The van der Waals surface area contributed by atoms with Crippen LogP contribution in [0.15, 0.2) is 29.2 Å².